The zero-order chi connectivity index (χ0) is 27.2. The van der Waals surface area contributed by atoms with Crippen molar-refractivity contribution < 1.29 is 22.4 Å². The van der Waals surface area contributed by atoms with Gasteiger partial charge < -0.3 is 10.2 Å². The quantitative estimate of drug-likeness (QED) is 0.448. The predicted octanol–water partition coefficient (Wildman–Crippen LogP) is 4.08. The molecule has 198 valence electrons. The van der Waals surface area contributed by atoms with E-state index in [4.69, 9.17) is 23.2 Å². The summed E-state index contributed by atoms with van der Waals surface area (Å²) in [7, 11) is -1.48. The van der Waals surface area contributed by atoms with Crippen molar-refractivity contribution in [3.8, 4) is 0 Å². The molecule has 0 saturated heterocycles. The van der Waals surface area contributed by atoms with Crippen LogP contribution in [0.1, 0.15) is 32.8 Å². The Bertz CT molecular complexity index is 1180. The molecule has 0 aliphatic rings. The zero-order valence-electron chi connectivity index (χ0n) is 20.8. The van der Waals surface area contributed by atoms with E-state index in [0.717, 1.165) is 20.7 Å². The van der Waals surface area contributed by atoms with Gasteiger partial charge in [0.15, 0.2) is 0 Å². The van der Waals surface area contributed by atoms with Crippen LogP contribution in [0.3, 0.4) is 0 Å². The van der Waals surface area contributed by atoms with E-state index in [9.17, 15) is 22.4 Å². The lowest BCUT2D eigenvalue weighted by atomic mass is 10.1. The fraction of sp³-hybridized carbons (Fsp3) is 0.417. The average Bonchev–Trinajstić information content (AvgIpc) is 2.82. The molecule has 0 heterocycles. The number of carbonyl (C=O) groups excluding carboxylic acids is 2. The molecule has 12 heteroatoms. The molecule has 2 aromatic rings. The Hall–Kier alpha value is -2.40. The van der Waals surface area contributed by atoms with E-state index >= 15 is 0 Å². The number of carbonyl (C=O) groups is 2. The summed E-state index contributed by atoms with van der Waals surface area (Å²) >= 11 is 12.2. The van der Waals surface area contributed by atoms with Gasteiger partial charge in [0, 0.05) is 26.7 Å². The third kappa shape index (κ3) is 7.55. The van der Waals surface area contributed by atoms with E-state index in [1.807, 2.05) is 13.8 Å². The Morgan fingerprint density at radius 2 is 1.64 bits per heavy atom. The van der Waals surface area contributed by atoms with Crippen LogP contribution in [-0.2, 0) is 26.3 Å². The molecule has 36 heavy (non-hydrogen) atoms. The van der Waals surface area contributed by atoms with Gasteiger partial charge in [-0.15, -0.1) is 0 Å². The highest BCUT2D eigenvalue weighted by atomic mass is 35.5. The molecule has 0 aliphatic heterocycles. The molecule has 2 atom stereocenters. The predicted molar refractivity (Wildman–Crippen MR) is 141 cm³/mol. The number of rotatable bonds is 11. The van der Waals surface area contributed by atoms with Gasteiger partial charge in [0.1, 0.15) is 18.4 Å². The lowest BCUT2D eigenvalue weighted by Crippen LogP contribution is -2.53. The first kappa shape index (κ1) is 29.8. The van der Waals surface area contributed by atoms with Crippen molar-refractivity contribution >= 4 is 50.9 Å². The summed E-state index contributed by atoms with van der Waals surface area (Å²) in [5.41, 5.74) is 0.703. The number of benzene rings is 2. The first-order chi connectivity index (χ1) is 16.8. The van der Waals surface area contributed by atoms with E-state index in [-0.39, 0.29) is 29.2 Å². The van der Waals surface area contributed by atoms with Gasteiger partial charge in [0.05, 0.1) is 15.7 Å². The van der Waals surface area contributed by atoms with Crippen LogP contribution in [0.2, 0.25) is 10.0 Å². The van der Waals surface area contributed by atoms with Crippen LogP contribution in [0, 0.1) is 5.82 Å². The molecule has 0 aliphatic carbocycles. The van der Waals surface area contributed by atoms with Gasteiger partial charge in [-0.05, 0) is 62.2 Å². The minimum absolute atomic E-state index is 0.0237. The molecule has 0 fully saturated rings. The van der Waals surface area contributed by atoms with Crippen LogP contribution >= 0.6 is 23.2 Å². The molecule has 1 N–H and O–H groups in total. The fourth-order valence-corrected chi connectivity index (χ4v) is 4.58. The van der Waals surface area contributed by atoms with Gasteiger partial charge in [0.25, 0.3) is 0 Å². The molecule has 8 nitrogen and oxygen atoms in total. The first-order valence-electron chi connectivity index (χ1n) is 11.3. The minimum atomic E-state index is -4.13. The third-order valence-electron chi connectivity index (χ3n) is 5.64. The van der Waals surface area contributed by atoms with Gasteiger partial charge in [-0.25, -0.2) is 8.70 Å². The summed E-state index contributed by atoms with van der Waals surface area (Å²) in [6.07, 6.45) is 0.693. The standard InChI is InChI=1S/C24H31Cl2FN4O4S/c1-6-16(2)28-24(33)17(3)30(14-18-7-12-21(25)22(26)13-18)23(32)15-31(36(34,35)29(4)5)20-10-8-19(27)9-11-20/h7-13,16-17H,6,14-15H2,1-5H3,(H,28,33)/t16-,17-/m1/s1. The Morgan fingerprint density at radius 1 is 1.03 bits per heavy atom. The van der Waals surface area contributed by atoms with E-state index in [2.05, 4.69) is 5.32 Å². The third-order valence-corrected chi connectivity index (χ3v) is 8.20. The molecule has 0 radical (unpaired) electrons. The van der Waals surface area contributed by atoms with Crippen molar-refractivity contribution in [2.75, 3.05) is 24.9 Å². The van der Waals surface area contributed by atoms with Gasteiger partial charge in [-0.1, -0.05) is 36.2 Å². The maximum atomic E-state index is 13.6. The second kappa shape index (κ2) is 12.7. The molecule has 2 amide bonds. The first-order valence-corrected chi connectivity index (χ1v) is 13.4. The SMILES string of the molecule is CC[C@@H](C)NC(=O)[C@@H](C)N(Cc1ccc(Cl)c(Cl)c1)C(=O)CN(c1ccc(F)cc1)S(=O)(=O)N(C)C. The van der Waals surface area contributed by atoms with Gasteiger partial charge in [-0.3, -0.25) is 9.59 Å². The zero-order valence-corrected chi connectivity index (χ0v) is 23.2. The summed E-state index contributed by atoms with van der Waals surface area (Å²) in [5.74, 6) is -1.58. The summed E-state index contributed by atoms with van der Waals surface area (Å²) < 4.78 is 41.5. The summed E-state index contributed by atoms with van der Waals surface area (Å²) in [6.45, 7) is 4.69. The summed E-state index contributed by atoms with van der Waals surface area (Å²) in [4.78, 5) is 27.8. The molecular formula is C24H31Cl2FN4O4S. The molecule has 0 bridgehead atoms. The highest BCUT2D eigenvalue weighted by Crippen LogP contribution is 2.25. The van der Waals surface area contributed by atoms with E-state index in [1.165, 1.54) is 31.1 Å². The molecule has 0 spiro atoms. The van der Waals surface area contributed by atoms with Crippen molar-refractivity contribution in [1.29, 1.82) is 0 Å². The van der Waals surface area contributed by atoms with Crippen molar-refractivity contribution in [2.24, 2.45) is 0 Å². The van der Waals surface area contributed by atoms with Crippen LogP contribution in [0.25, 0.3) is 0 Å². The number of anilines is 1. The number of nitrogens with zero attached hydrogens (tertiary/aromatic N) is 3. The number of amides is 2. The van der Waals surface area contributed by atoms with Crippen LogP contribution in [-0.4, -0.2) is 62.2 Å². The van der Waals surface area contributed by atoms with Crippen LogP contribution in [0.4, 0.5) is 10.1 Å². The Kier molecular flexibility index (Phi) is 10.5. The molecule has 0 unspecified atom stereocenters. The number of hydrogen-bond acceptors (Lipinski definition) is 4. The van der Waals surface area contributed by atoms with Crippen LogP contribution in [0.5, 0.6) is 0 Å². The molecule has 0 saturated carbocycles. The Morgan fingerprint density at radius 3 is 2.17 bits per heavy atom. The lowest BCUT2D eigenvalue weighted by molar-refractivity contribution is -0.139. The molecule has 2 rings (SSSR count). The average molecular weight is 562 g/mol. The van der Waals surface area contributed by atoms with Gasteiger partial charge in [0.2, 0.25) is 11.8 Å². The number of nitrogens with one attached hydrogen (secondary N) is 1. The number of hydrogen-bond donors (Lipinski definition) is 1. The largest absolute Gasteiger partial charge is 0.352 e. The maximum absolute atomic E-state index is 13.6. The van der Waals surface area contributed by atoms with Crippen molar-refractivity contribution in [1.82, 2.24) is 14.5 Å². The van der Waals surface area contributed by atoms with Crippen LogP contribution in [0.15, 0.2) is 42.5 Å². The number of halogens is 3. The highest BCUT2D eigenvalue weighted by Gasteiger charge is 2.33. The smallest absolute Gasteiger partial charge is 0.304 e. The Labute approximate surface area is 222 Å². The summed E-state index contributed by atoms with van der Waals surface area (Å²) in [6, 6.07) is 8.52. The second-order valence-corrected chi connectivity index (χ2v) is 11.4. The molecular weight excluding hydrogens is 530 g/mol. The highest BCUT2D eigenvalue weighted by molar-refractivity contribution is 7.90. The van der Waals surface area contributed by atoms with Crippen LogP contribution < -0.4 is 9.62 Å². The fourth-order valence-electron chi connectivity index (χ4n) is 3.21. The normalized spacial score (nSPS) is 13.2. The van der Waals surface area contributed by atoms with Crippen molar-refractivity contribution in [2.45, 2.75) is 45.8 Å². The Balaban J connectivity index is 2.46. The molecule has 2 aromatic carbocycles. The van der Waals surface area contributed by atoms with Crippen molar-refractivity contribution in [3.05, 3.63) is 63.9 Å². The summed E-state index contributed by atoms with van der Waals surface area (Å²) in [5, 5.41) is 3.46. The monoisotopic (exact) mass is 560 g/mol. The van der Waals surface area contributed by atoms with E-state index < -0.39 is 34.5 Å². The van der Waals surface area contributed by atoms with E-state index in [0.29, 0.717) is 17.0 Å². The lowest BCUT2D eigenvalue weighted by Gasteiger charge is -2.33. The topological polar surface area (TPSA) is 90.0 Å². The molecule has 0 aromatic heterocycles. The van der Waals surface area contributed by atoms with Gasteiger partial charge >= 0.3 is 10.2 Å². The van der Waals surface area contributed by atoms with E-state index in [1.54, 1.807) is 25.1 Å². The minimum Gasteiger partial charge on any atom is -0.352 e. The van der Waals surface area contributed by atoms with Crippen molar-refractivity contribution in [3.63, 3.8) is 0 Å². The maximum Gasteiger partial charge on any atom is 0.304 e. The second-order valence-electron chi connectivity index (χ2n) is 8.54. The van der Waals surface area contributed by atoms with Gasteiger partial charge in [-0.2, -0.15) is 12.7 Å².